The van der Waals surface area contributed by atoms with E-state index in [4.69, 9.17) is 10.8 Å². The molecule has 0 fully saturated rings. The maximum Gasteiger partial charge on any atom is 0.307 e. The number of nitrogens with zero attached hydrogens (tertiary/aromatic N) is 1. The number of hydrogen-bond donors (Lipinski definition) is 2. The Balaban J connectivity index is 3.32. The summed E-state index contributed by atoms with van der Waals surface area (Å²) < 4.78 is 25.6. The van der Waals surface area contributed by atoms with E-state index in [-0.39, 0.29) is 28.0 Å². The zero-order chi connectivity index (χ0) is 12.3. The van der Waals surface area contributed by atoms with E-state index in [1.165, 1.54) is 0 Å². The molecule has 1 aromatic rings. The van der Waals surface area contributed by atoms with E-state index in [9.17, 15) is 13.6 Å². The lowest BCUT2D eigenvalue weighted by atomic mass is 10.0. The van der Waals surface area contributed by atoms with Crippen LogP contribution < -0.4 is 5.73 Å². The topological polar surface area (TPSA) is 76.2 Å². The molecule has 0 bridgehead atoms. The number of pyridine rings is 1. The molecule has 1 aromatic heterocycles. The van der Waals surface area contributed by atoms with Crippen LogP contribution in [0.4, 0.5) is 8.78 Å². The minimum atomic E-state index is -2.75. The fourth-order valence-electron chi connectivity index (χ4n) is 1.33. The monoisotopic (exact) mass is 294 g/mol. The van der Waals surface area contributed by atoms with Gasteiger partial charge in [0.15, 0.2) is 0 Å². The lowest BCUT2D eigenvalue weighted by Crippen LogP contribution is -2.12. The summed E-state index contributed by atoms with van der Waals surface area (Å²) in [6.07, 6.45) is -3.26. The van der Waals surface area contributed by atoms with Crippen molar-refractivity contribution in [1.82, 2.24) is 4.98 Å². The Morgan fingerprint density at radius 3 is 2.69 bits per heavy atom. The van der Waals surface area contributed by atoms with Crippen LogP contribution in [0.5, 0.6) is 0 Å². The zero-order valence-corrected chi connectivity index (χ0v) is 9.67. The predicted molar refractivity (Wildman–Crippen MR) is 56.1 cm³/mol. The van der Waals surface area contributed by atoms with Crippen molar-refractivity contribution in [2.75, 3.05) is 0 Å². The molecule has 4 nitrogen and oxygen atoms in total. The standard InChI is InChI=1S/C9H9BrF2N2O2/c10-7-1-5(9(11)12)4(2-8(15)16)6(3-13)14-7/h1,9H,2-3,13H2,(H,15,16). The van der Waals surface area contributed by atoms with Gasteiger partial charge in [-0.2, -0.15) is 0 Å². The Kier molecular flexibility index (Phi) is 4.31. The average Bonchev–Trinajstić information content (AvgIpc) is 2.19. The number of aromatic nitrogens is 1. The van der Waals surface area contributed by atoms with Crippen LogP contribution in [0.15, 0.2) is 10.7 Å². The first-order valence-electron chi connectivity index (χ1n) is 4.34. The lowest BCUT2D eigenvalue weighted by molar-refractivity contribution is -0.136. The van der Waals surface area contributed by atoms with Crippen LogP contribution in [0, 0.1) is 0 Å². The second kappa shape index (κ2) is 5.31. The molecule has 1 rings (SSSR count). The van der Waals surface area contributed by atoms with Crippen LogP contribution in [0.3, 0.4) is 0 Å². The van der Waals surface area contributed by atoms with Crippen molar-refractivity contribution >= 4 is 21.9 Å². The number of nitrogens with two attached hydrogens (primary N) is 1. The molecular weight excluding hydrogens is 286 g/mol. The van der Waals surface area contributed by atoms with Crippen LogP contribution in [0.2, 0.25) is 0 Å². The van der Waals surface area contributed by atoms with Gasteiger partial charge in [-0.3, -0.25) is 4.79 Å². The number of aliphatic carboxylic acids is 1. The molecule has 0 amide bonds. The molecule has 1 heterocycles. The van der Waals surface area contributed by atoms with Gasteiger partial charge in [-0.15, -0.1) is 0 Å². The van der Waals surface area contributed by atoms with E-state index in [1.807, 2.05) is 0 Å². The Hall–Kier alpha value is -1.08. The molecule has 0 saturated carbocycles. The highest BCUT2D eigenvalue weighted by molar-refractivity contribution is 9.10. The van der Waals surface area contributed by atoms with Crippen LogP contribution in [0.1, 0.15) is 23.2 Å². The first kappa shape index (κ1) is 13.0. The van der Waals surface area contributed by atoms with E-state index in [0.29, 0.717) is 0 Å². The molecule has 7 heteroatoms. The smallest absolute Gasteiger partial charge is 0.307 e. The second-order valence-electron chi connectivity index (χ2n) is 3.03. The molecule has 0 radical (unpaired) electrons. The molecule has 0 atom stereocenters. The maximum absolute atomic E-state index is 12.7. The number of rotatable bonds is 4. The van der Waals surface area contributed by atoms with Crippen LogP contribution in [-0.2, 0) is 17.8 Å². The number of hydrogen-bond acceptors (Lipinski definition) is 3. The number of carboxylic acids is 1. The summed E-state index contributed by atoms with van der Waals surface area (Å²) in [5, 5.41) is 8.64. The van der Waals surface area contributed by atoms with Gasteiger partial charge < -0.3 is 10.8 Å². The summed E-state index contributed by atoms with van der Waals surface area (Å²) in [7, 11) is 0. The van der Waals surface area contributed by atoms with Gasteiger partial charge in [0.05, 0.1) is 12.1 Å². The second-order valence-corrected chi connectivity index (χ2v) is 3.85. The Labute approximate surface area is 98.6 Å². The van der Waals surface area contributed by atoms with Gasteiger partial charge in [-0.25, -0.2) is 13.8 Å². The number of halogens is 3. The van der Waals surface area contributed by atoms with Gasteiger partial charge in [-0.1, -0.05) is 0 Å². The molecule has 0 aliphatic heterocycles. The third-order valence-electron chi connectivity index (χ3n) is 1.97. The number of carboxylic acid groups (broad SMARTS) is 1. The first-order valence-corrected chi connectivity index (χ1v) is 5.13. The van der Waals surface area contributed by atoms with Crippen LogP contribution in [-0.4, -0.2) is 16.1 Å². The average molecular weight is 295 g/mol. The molecule has 0 unspecified atom stereocenters. The quantitative estimate of drug-likeness (QED) is 0.831. The van der Waals surface area contributed by atoms with Gasteiger partial charge in [0.25, 0.3) is 6.43 Å². The summed E-state index contributed by atoms with van der Waals surface area (Å²) in [5.41, 5.74) is 5.17. The normalized spacial score (nSPS) is 10.8. The van der Waals surface area contributed by atoms with E-state index in [1.54, 1.807) is 0 Å². The summed E-state index contributed by atoms with van der Waals surface area (Å²) in [6.45, 7) is -0.0816. The van der Waals surface area contributed by atoms with E-state index < -0.39 is 18.8 Å². The Bertz CT molecular complexity index is 413. The third kappa shape index (κ3) is 2.96. The van der Waals surface area contributed by atoms with E-state index in [0.717, 1.165) is 6.07 Å². The highest BCUT2D eigenvalue weighted by Gasteiger charge is 2.20. The first-order chi connectivity index (χ1) is 7.45. The van der Waals surface area contributed by atoms with Crippen molar-refractivity contribution in [3.05, 3.63) is 27.5 Å². The van der Waals surface area contributed by atoms with Crippen molar-refractivity contribution in [3.63, 3.8) is 0 Å². The molecule has 0 spiro atoms. The molecule has 0 aliphatic rings. The maximum atomic E-state index is 12.7. The summed E-state index contributed by atoms with van der Waals surface area (Å²) >= 11 is 2.98. The van der Waals surface area contributed by atoms with Gasteiger partial charge in [-0.05, 0) is 27.6 Å². The molecular formula is C9H9BrF2N2O2. The lowest BCUT2D eigenvalue weighted by Gasteiger charge is -2.11. The summed E-state index contributed by atoms with van der Waals surface area (Å²) in [4.78, 5) is 14.5. The van der Waals surface area contributed by atoms with Crippen LogP contribution >= 0.6 is 15.9 Å². The van der Waals surface area contributed by atoms with Gasteiger partial charge in [0, 0.05) is 12.1 Å². The molecule has 88 valence electrons. The minimum Gasteiger partial charge on any atom is -0.481 e. The van der Waals surface area contributed by atoms with E-state index >= 15 is 0 Å². The number of carbonyl (C=O) groups is 1. The van der Waals surface area contributed by atoms with Crippen molar-refractivity contribution in [2.24, 2.45) is 5.73 Å². The molecule has 0 saturated heterocycles. The summed E-state index contributed by atoms with van der Waals surface area (Å²) in [6, 6.07) is 1.11. The van der Waals surface area contributed by atoms with Crippen molar-refractivity contribution in [3.8, 4) is 0 Å². The molecule has 0 aliphatic carbocycles. The highest BCUT2D eigenvalue weighted by Crippen LogP contribution is 2.27. The zero-order valence-electron chi connectivity index (χ0n) is 8.08. The fraction of sp³-hybridized carbons (Fsp3) is 0.333. The van der Waals surface area contributed by atoms with Crippen molar-refractivity contribution < 1.29 is 18.7 Å². The van der Waals surface area contributed by atoms with Gasteiger partial charge in [0.2, 0.25) is 0 Å². The van der Waals surface area contributed by atoms with Gasteiger partial charge in [0.1, 0.15) is 4.60 Å². The minimum absolute atomic E-state index is 0.00630. The molecule has 16 heavy (non-hydrogen) atoms. The summed E-state index contributed by atoms with van der Waals surface area (Å²) in [5.74, 6) is -1.19. The van der Waals surface area contributed by atoms with E-state index in [2.05, 4.69) is 20.9 Å². The fourth-order valence-corrected chi connectivity index (χ4v) is 1.79. The Morgan fingerprint density at radius 1 is 1.62 bits per heavy atom. The third-order valence-corrected chi connectivity index (χ3v) is 2.38. The van der Waals surface area contributed by atoms with Crippen molar-refractivity contribution in [2.45, 2.75) is 19.4 Å². The van der Waals surface area contributed by atoms with Crippen molar-refractivity contribution in [1.29, 1.82) is 0 Å². The number of alkyl halides is 2. The largest absolute Gasteiger partial charge is 0.481 e. The SMILES string of the molecule is NCc1nc(Br)cc(C(F)F)c1CC(=O)O. The molecule has 3 N–H and O–H groups in total. The Morgan fingerprint density at radius 2 is 2.25 bits per heavy atom. The van der Waals surface area contributed by atoms with Gasteiger partial charge >= 0.3 is 5.97 Å². The highest BCUT2D eigenvalue weighted by atomic mass is 79.9. The molecule has 0 aromatic carbocycles. The van der Waals surface area contributed by atoms with Crippen LogP contribution in [0.25, 0.3) is 0 Å². The predicted octanol–water partition coefficient (Wildman–Crippen LogP) is 1.87.